The molecular formula is C12H11ClN4O2. The second-order valence-corrected chi connectivity index (χ2v) is 3.96. The molecule has 0 aliphatic rings. The standard InChI is InChI=1S/C12H11ClN4O2/c1-2-19-11(18)6-7-17-12(14-15-16-17)9-4-3-5-10(13)8-9/h3-8H,2H2,1H3/b7-6+. The fourth-order valence-corrected chi connectivity index (χ4v) is 1.62. The van der Waals surface area contributed by atoms with E-state index in [1.165, 1.54) is 17.0 Å². The van der Waals surface area contributed by atoms with E-state index >= 15 is 0 Å². The maximum Gasteiger partial charge on any atom is 0.332 e. The van der Waals surface area contributed by atoms with Crippen LogP contribution in [0, 0.1) is 0 Å². The number of halogens is 1. The van der Waals surface area contributed by atoms with Crippen LogP contribution < -0.4 is 0 Å². The van der Waals surface area contributed by atoms with Gasteiger partial charge in [0.05, 0.1) is 6.61 Å². The molecule has 0 spiro atoms. The topological polar surface area (TPSA) is 69.9 Å². The minimum Gasteiger partial charge on any atom is -0.463 e. The molecule has 0 radical (unpaired) electrons. The largest absolute Gasteiger partial charge is 0.463 e. The van der Waals surface area contributed by atoms with Gasteiger partial charge in [0.2, 0.25) is 0 Å². The third-order valence-electron chi connectivity index (χ3n) is 2.21. The molecule has 0 saturated carbocycles. The van der Waals surface area contributed by atoms with Gasteiger partial charge < -0.3 is 4.74 Å². The number of aromatic nitrogens is 4. The summed E-state index contributed by atoms with van der Waals surface area (Å²) in [4.78, 5) is 11.2. The maximum atomic E-state index is 11.2. The van der Waals surface area contributed by atoms with Gasteiger partial charge in [0.1, 0.15) is 0 Å². The highest BCUT2D eigenvalue weighted by Gasteiger charge is 2.07. The van der Waals surface area contributed by atoms with Crippen LogP contribution in [0.15, 0.2) is 30.3 Å². The molecule has 0 atom stereocenters. The fraction of sp³-hybridized carbons (Fsp3) is 0.167. The normalized spacial score (nSPS) is 10.8. The number of hydrogen-bond acceptors (Lipinski definition) is 5. The number of hydrogen-bond donors (Lipinski definition) is 0. The number of carbonyl (C=O) groups is 1. The van der Waals surface area contributed by atoms with Crippen molar-refractivity contribution in [2.45, 2.75) is 6.92 Å². The van der Waals surface area contributed by atoms with Crippen LogP contribution in [0.3, 0.4) is 0 Å². The van der Waals surface area contributed by atoms with Gasteiger partial charge in [0, 0.05) is 22.9 Å². The summed E-state index contributed by atoms with van der Waals surface area (Å²) in [5, 5.41) is 11.8. The molecule has 1 heterocycles. The number of carbonyl (C=O) groups excluding carboxylic acids is 1. The van der Waals surface area contributed by atoms with Crippen LogP contribution in [-0.2, 0) is 9.53 Å². The molecule has 0 aliphatic heterocycles. The van der Waals surface area contributed by atoms with Crippen LogP contribution in [0.25, 0.3) is 17.6 Å². The minimum atomic E-state index is -0.449. The third-order valence-corrected chi connectivity index (χ3v) is 2.45. The summed E-state index contributed by atoms with van der Waals surface area (Å²) in [6.07, 6.45) is 2.70. The Morgan fingerprint density at radius 1 is 1.53 bits per heavy atom. The molecule has 2 aromatic rings. The van der Waals surface area contributed by atoms with Crippen molar-refractivity contribution >= 4 is 23.8 Å². The van der Waals surface area contributed by atoms with Crippen molar-refractivity contribution in [1.82, 2.24) is 20.2 Å². The smallest absolute Gasteiger partial charge is 0.332 e. The summed E-state index contributed by atoms with van der Waals surface area (Å²) in [6.45, 7) is 2.06. The number of benzene rings is 1. The molecule has 0 saturated heterocycles. The Morgan fingerprint density at radius 2 is 2.37 bits per heavy atom. The van der Waals surface area contributed by atoms with Crippen molar-refractivity contribution < 1.29 is 9.53 Å². The van der Waals surface area contributed by atoms with E-state index in [0.717, 1.165) is 5.56 Å². The van der Waals surface area contributed by atoms with Gasteiger partial charge >= 0.3 is 5.97 Å². The molecule has 0 fully saturated rings. The Morgan fingerprint density at radius 3 is 3.11 bits per heavy atom. The van der Waals surface area contributed by atoms with E-state index in [-0.39, 0.29) is 0 Å². The fourth-order valence-electron chi connectivity index (χ4n) is 1.43. The van der Waals surface area contributed by atoms with Crippen LogP contribution in [0.5, 0.6) is 0 Å². The molecule has 6 nitrogen and oxygen atoms in total. The van der Waals surface area contributed by atoms with Crippen LogP contribution in [-0.4, -0.2) is 32.8 Å². The molecule has 7 heteroatoms. The first kappa shape index (κ1) is 13.2. The number of nitrogens with zero attached hydrogens (tertiary/aromatic N) is 4. The van der Waals surface area contributed by atoms with E-state index in [0.29, 0.717) is 17.5 Å². The van der Waals surface area contributed by atoms with Gasteiger partial charge in [0.25, 0.3) is 0 Å². The van der Waals surface area contributed by atoms with E-state index < -0.39 is 5.97 Å². The Bertz CT molecular complexity index is 609. The minimum absolute atomic E-state index is 0.319. The first-order valence-electron chi connectivity index (χ1n) is 5.59. The van der Waals surface area contributed by atoms with Gasteiger partial charge in [-0.05, 0) is 29.5 Å². The van der Waals surface area contributed by atoms with Crippen molar-refractivity contribution in [3.05, 3.63) is 35.4 Å². The van der Waals surface area contributed by atoms with Crippen molar-refractivity contribution in [3.63, 3.8) is 0 Å². The third kappa shape index (κ3) is 3.38. The van der Waals surface area contributed by atoms with Crippen molar-refractivity contribution in [3.8, 4) is 11.4 Å². The van der Waals surface area contributed by atoms with Gasteiger partial charge in [-0.1, -0.05) is 23.7 Å². The molecular weight excluding hydrogens is 268 g/mol. The number of tetrazole rings is 1. The quantitative estimate of drug-likeness (QED) is 0.632. The lowest BCUT2D eigenvalue weighted by Gasteiger charge is -2.00. The van der Waals surface area contributed by atoms with E-state index in [4.69, 9.17) is 16.3 Å². The Hall–Kier alpha value is -2.21. The van der Waals surface area contributed by atoms with Gasteiger partial charge in [-0.15, -0.1) is 5.10 Å². The summed E-state index contributed by atoms with van der Waals surface area (Å²) >= 11 is 5.91. The van der Waals surface area contributed by atoms with Crippen molar-refractivity contribution in [1.29, 1.82) is 0 Å². The summed E-state index contributed by atoms with van der Waals surface area (Å²) < 4.78 is 6.15. The lowest BCUT2D eigenvalue weighted by atomic mass is 10.2. The molecule has 0 bridgehead atoms. The zero-order valence-corrected chi connectivity index (χ0v) is 10.9. The average Bonchev–Trinajstić information content (AvgIpc) is 2.85. The molecule has 1 aromatic carbocycles. The van der Waals surface area contributed by atoms with Crippen molar-refractivity contribution in [2.24, 2.45) is 0 Å². The SMILES string of the molecule is CCOC(=O)/C=C/n1nnnc1-c1cccc(Cl)c1. The van der Waals surface area contributed by atoms with E-state index in [9.17, 15) is 4.79 Å². The van der Waals surface area contributed by atoms with Gasteiger partial charge in [-0.2, -0.15) is 4.68 Å². The predicted octanol–water partition coefficient (Wildman–Crippen LogP) is 2.03. The zero-order valence-electron chi connectivity index (χ0n) is 10.2. The van der Waals surface area contributed by atoms with Gasteiger partial charge in [-0.3, -0.25) is 0 Å². The monoisotopic (exact) mass is 278 g/mol. The maximum absolute atomic E-state index is 11.2. The molecule has 98 valence electrons. The molecule has 1 aromatic heterocycles. The first-order chi connectivity index (χ1) is 9.20. The molecule has 0 unspecified atom stereocenters. The van der Waals surface area contributed by atoms with Gasteiger partial charge in [-0.25, -0.2) is 4.79 Å². The second kappa shape index (κ2) is 6.10. The highest BCUT2D eigenvalue weighted by molar-refractivity contribution is 6.30. The number of ether oxygens (including phenoxy) is 1. The van der Waals surface area contributed by atoms with Crippen LogP contribution in [0.2, 0.25) is 5.02 Å². The summed E-state index contributed by atoms with van der Waals surface area (Å²) in [5.41, 5.74) is 0.756. The Balaban J connectivity index is 2.25. The van der Waals surface area contributed by atoms with Crippen LogP contribution in [0.1, 0.15) is 6.92 Å². The van der Waals surface area contributed by atoms with E-state index in [1.807, 2.05) is 6.07 Å². The molecule has 0 amide bonds. The number of esters is 1. The second-order valence-electron chi connectivity index (χ2n) is 3.53. The van der Waals surface area contributed by atoms with Crippen LogP contribution >= 0.6 is 11.6 Å². The molecule has 19 heavy (non-hydrogen) atoms. The summed E-state index contributed by atoms with van der Waals surface area (Å²) in [7, 11) is 0. The van der Waals surface area contributed by atoms with Gasteiger partial charge in [0.15, 0.2) is 5.82 Å². The van der Waals surface area contributed by atoms with Crippen LogP contribution in [0.4, 0.5) is 0 Å². The predicted molar refractivity (Wildman–Crippen MR) is 70.2 cm³/mol. The average molecular weight is 279 g/mol. The molecule has 2 rings (SSSR count). The Kier molecular flexibility index (Phi) is 4.25. The number of rotatable bonds is 4. The molecule has 0 aliphatic carbocycles. The zero-order chi connectivity index (χ0) is 13.7. The Labute approximate surface area is 114 Å². The lowest BCUT2D eigenvalue weighted by Crippen LogP contribution is -2.01. The highest BCUT2D eigenvalue weighted by atomic mass is 35.5. The van der Waals surface area contributed by atoms with E-state index in [1.54, 1.807) is 25.1 Å². The summed E-state index contributed by atoms with van der Waals surface area (Å²) in [5.74, 6) is 0.0399. The summed E-state index contributed by atoms with van der Waals surface area (Å²) in [6, 6.07) is 7.12. The highest BCUT2D eigenvalue weighted by Crippen LogP contribution is 2.19. The molecule has 0 N–H and O–H groups in total. The van der Waals surface area contributed by atoms with Crippen molar-refractivity contribution in [2.75, 3.05) is 6.61 Å². The lowest BCUT2D eigenvalue weighted by molar-refractivity contribution is -0.137. The van der Waals surface area contributed by atoms with E-state index in [2.05, 4.69) is 15.5 Å². The first-order valence-corrected chi connectivity index (χ1v) is 5.97.